The number of fused-ring (bicyclic) bond motifs is 1. The Labute approximate surface area is 168 Å². The number of hydrogen-bond donors (Lipinski definition) is 1. The normalized spacial score (nSPS) is 10.8. The van der Waals surface area contributed by atoms with Gasteiger partial charge in [0.15, 0.2) is 5.65 Å². The largest absolute Gasteiger partial charge is 0.325 e. The van der Waals surface area contributed by atoms with E-state index in [1.165, 1.54) is 30.0 Å². The summed E-state index contributed by atoms with van der Waals surface area (Å²) >= 11 is 1.17. The molecule has 0 radical (unpaired) electrons. The van der Waals surface area contributed by atoms with Crippen LogP contribution in [0, 0.1) is 10.1 Å². The lowest BCUT2D eigenvalue weighted by Gasteiger charge is -2.05. The molecule has 0 saturated heterocycles. The van der Waals surface area contributed by atoms with Crippen molar-refractivity contribution in [3.8, 4) is 11.3 Å². The van der Waals surface area contributed by atoms with Crippen molar-refractivity contribution in [1.29, 1.82) is 0 Å². The van der Waals surface area contributed by atoms with Gasteiger partial charge in [0.05, 0.1) is 16.4 Å². The summed E-state index contributed by atoms with van der Waals surface area (Å²) < 4.78 is 1.57. The van der Waals surface area contributed by atoms with Gasteiger partial charge in [-0.05, 0) is 30.3 Å². The average molecular weight is 407 g/mol. The van der Waals surface area contributed by atoms with E-state index in [9.17, 15) is 14.9 Å². The number of thioether (sulfide) groups is 1. The van der Waals surface area contributed by atoms with Crippen LogP contribution in [0.4, 0.5) is 11.4 Å². The first-order valence-electron chi connectivity index (χ1n) is 8.40. The van der Waals surface area contributed by atoms with E-state index in [1.807, 2.05) is 18.2 Å². The fraction of sp³-hybridized carbons (Fsp3) is 0.0556. The summed E-state index contributed by atoms with van der Waals surface area (Å²) in [5.41, 5.74) is 2.45. The van der Waals surface area contributed by atoms with E-state index in [1.54, 1.807) is 29.0 Å². The molecule has 1 N–H and O–H groups in total. The zero-order valence-electron chi connectivity index (χ0n) is 14.8. The van der Waals surface area contributed by atoms with Crippen molar-refractivity contribution in [3.05, 3.63) is 71.0 Å². The maximum absolute atomic E-state index is 12.2. The first-order chi connectivity index (χ1) is 14.1. The fourth-order valence-corrected chi connectivity index (χ4v) is 3.25. The highest BCUT2D eigenvalue weighted by molar-refractivity contribution is 7.99. The summed E-state index contributed by atoms with van der Waals surface area (Å²) in [6.45, 7) is 0. The van der Waals surface area contributed by atoms with Crippen molar-refractivity contribution in [1.82, 2.24) is 24.8 Å². The Kier molecular flexibility index (Phi) is 5.12. The molecular formula is C18H13N7O3S. The number of nitro groups is 1. The third kappa shape index (κ3) is 4.19. The van der Waals surface area contributed by atoms with Gasteiger partial charge in [-0.25, -0.2) is 0 Å². The quantitative estimate of drug-likeness (QED) is 0.293. The smallest absolute Gasteiger partial charge is 0.271 e. The summed E-state index contributed by atoms with van der Waals surface area (Å²) in [6, 6.07) is 13.1. The van der Waals surface area contributed by atoms with Gasteiger partial charge >= 0.3 is 0 Å². The fourth-order valence-electron chi connectivity index (χ4n) is 2.56. The molecule has 3 aromatic heterocycles. The summed E-state index contributed by atoms with van der Waals surface area (Å²) in [5.74, 6) is -0.275. The van der Waals surface area contributed by atoms with Crippen LogP contribution in [0.25, 0.3) is 16.9 Å². The number of nitrogens with zero attached hydrogens (tertiary/aromatic N) is 6. The Hall–Kier alpha value is -3.86. The molecule has 0 aliphatic rings. The highest BCUT2D eigenvalue weighted by Gasteiger charge is 2.13. The molecule has 29 heavy (non-hydrogen) atoms. The van der Waals surface area contributed by atoms with Gasteiger partial charge in [-0.15, -0.1) is 10.2 Å². The highest BCUT2D eigenvalue weighted by atomic mass is 32.2. The molecule has 0 atom stereocenters. The van der Waals surface area contributed by atoms with E-state index in [2.05, 4.69) is 25.6 Å². The lowest BCUT2D eigenvalue weighted by molar-refractivity contribution is -0.384. The molecule has 11 heteroatoms. The molecule has 0 aliphatic heterocycles. The molecule has 0 saturated carbocycles. The molecule has 144 valence electrons. The number of nitro benzene ring substituents is 1. The Balaban J connectivity index is 1.47. The SMILES string of the molecule is O=C(CSc1nnc2ccc(-c3ccncc3)nn12)Nc1cccc([N+](=O)[O-])c1. The van der Waals surface area contributed by atoms with Gasteiger partial charge in [0.25, 0.3) is 5.69 Å². The number of carbonyl (C=O) groups is 1. The number of anilines is 1. The van der Waals surface area contributed by atoms with Gasteiger partial charge in [0.2, 0.25) is 11.1 Å². The van der Waals surface area contributed by atoms with E-state index in [0.29, 0.717) is 16.5 Å². The second-order valence-electron chi connectivity index (χ2n) is 5.85. The number of rotatable bonds is 6. The monoisotopic (exact) mass is 407 g/mol. The first-order valence-corrected chi connectivity index (χ1v) is 9.39. The van der Waals surface area contributed by atoms with Crippen LogP contribution in [0.1, 0.15) is 0 Å². The van der Waals surface area contributed by atoms with Crippen LogP contribution >= 0.6 is 11.8 Å². The number of amides is 1. The maximum atomic E-state index is 12.2. The number of hydrogen-bond acceptors (Lipinski definition) is 8. The Morgan fingerprint density at radius 1 is 1.14 bits per heavy atom. The molecule has 3 heterocycles. The number of non-ortho nitro benzene ring substituents is 1. The summed E-state index contributed by atoms with van der Waals surface area (Å²) in [5, 5.41) is 26.6. The third-order valence-corrected chi connectivity index (χ3v) is 4.80. The van der Waals surface area contributed by atoms with E-state index in [0.717, 1.165) is 11.3 Å². The minimum atomic E-state index is -0.515. The maximum Gasteiger partial charge on any atom is 0.271 e. The van der Waals surface area contributed by atoms with Crippen LogP contribution in [-0.4, -0.2) is 41.4 Å². The van der Waals surface area contributed by atoms with Gasteiger partial charge < -0.3 is 5.32 Å². The Bertz CT molecular complexity index is 1200. The minimum absolute atomic E-state index is 0.0463. The summed E-state index contributed by atoms with van der Waals surface area (Å²) in [4.78, 5) is 26.5. The second kappa shape index (κ2) is 8.02. The lowest BCUT2D eigenvalue weighted by Crippen LogP contribution is -2.14. The zero-order valence-corrected chi connectivity index (χ0v) is 15.6. The van der Waals surface area contributed by atoms with Gasteiger partial charge in [0.1, 0.15) is 0 Å². The Morgan fingerprint density at radius 2 is 1.97 bits per heavy atom. The molecule has 0 fully saturated rings. The standard InChI is InChI=1S/C18H13N7O3S/c26-17(20-13-2-1-3-14(10-13)25(27)28)11-29-18-22-21-16-5-4-15(23-24(16)18)12-6-8-19-9-7-12/h1-10H,11H2,(H,20,26). The van der Waals surface area contributed by atoms with E-state index >= 15 is 0 Å². The number of carbonyl (C=O) groups excluding carboxylic acids is 1. The number of nitrogens with one attached hydrogen (secondary N) is 1. The van der Waals surface area contributed by atoms with E-state index < -0.39 is 4.92 Å². The van der Waals surface area contributed by atoms with Crippen molar-refractivity contribution in [3.63, 3.8) is 0 Å². The summed E-state index contributed by atoms with van der Waals surface area (Å²) in [6.07, 6.45) is 3.36. The van der Waals surface area contributed by atoms with Gasteiger partial charge in [-0.1, -0.05) is 17.8 Å². The number of benzene rings is 1. The third-order valence-electron chi connectivity index (χ3n) is 3.88. The summed E-state index contributed by atoms with van der Waals surface area (Å²) in [7, 11) is 0. The van der Waals surface area contributed by atoms with Crippen molar-refractivity contribution in [2.75, 3.05) is 11.1 Å². The molecule has 0 spiro atoms. The number of pyridine rings is 1. The minimum Gasteiger partial charge on any atom is -0.325 e. The van der Waals surface area contributed by atoms with Gasteiger partial charge in [0, 0.05) is 35.8 Å². The molecule has 4 rings (SSSR count). The van der Waals surface area contributed by atoms with Crippen LogP contribution in [0.2, 0.25) is 0 Å². The van der Waals surface area contributed by atoms with Crippen LogP contribution in [-0.2, 0) is 4.79 Å². The van der Waals surface area contributed by atoms with Crippen molar-refractivity contribution >= 4 is 34.7 Å². The Morgan fingerprint density at radius 3 is 2.76 bits per heavy atom. The molecule has 0 bridgehead atoms. The molecule has 1 aromatic carbocycles. The lowest BCUT2D eigenvalue weighted by atomic mass is 10.2. The highest BCUT2D eigenvalue weighted by Crippen LogP contribution is 2.21. The van der Waals surface area contributed by atoms with Crippen molar-refractivity contribution in [2.45, 2.75) is 5.16 Å². The van der Waals surface area contributed by atoms with Crippen LogP contribution < -0.4 is 5.32 Å². The van der Waals surface area contributed by atoms with Crippen LogP contribution in [0.3, 0.4) is 0 Å². The molecule has 10 nitrogen and oxygen atoms in total. The molecular weight excluding hydrogens is 394 g/mol. The number of aromatic nitrogens is 5. The van der Waals surface area contributed by atoms with Crippen molar-refractivity contribution in [2.24, 2.45) is 0 Å². The molecule has 4 aromatic rings. The van der Waals surface area contributed by atoms with Crippen LogP contribution in [0.5, 0.6) is 0 Å². The second-order valence-corrected chi connectivity index (χ2v) is 6.79. The molecule has 1 amide bonds. The topological polar surface area (TPSA) is 128 Å². The zero-order chi connectivity index (χ0) is 20.2. The average Bonchev–Trinajstić information content (AvgIpc) is 3.15. The predicted octanol–water partition coefficient (Wildman–Crippen LogP) is 2.83. The predicted molar refractivity (Wildman–Crippen MR) is 106 cm³/mol. The van der Waals surface area contributed by atoms with Gasteiger partial charge in [-0.2, -0.15) is 9.61 Å². The van der Waals surface area contributed by atoms with Crippen LogP contribution in [0.15, 0.2) is 66.1 Å². The van der Waals surface area contributed by atoms with E-state index in [4.69, 9.17) is 0 Å². The molecule has 0 unspecified atom stereocenters. The van der Waals surface area contributed by atoms with Crippen molar-refractivity contribution < 1.29 is 9.72 Å². The van der Waals surface area contributed by atoms with Gasteiger partial charge in [-0.3, -0.25) is 19.9 Å². The molecule has 0 aliphatic carbocycles. The van der Waals surface area contributed by atoms with E-state index in [-0.39, 0.29) is 17.3 Å². The first kappa shape index (κ1) is 18.5.